The molecule has 0 spiro atoms. The molecule has 0 saturated carbocycles. The number of hydrogen-bond acceptors (Lipinski definition) is 10. The van der Waals surface area contributed by atoms with Gasteiger partial charge in [0.25, 0.3) is 0 Å². The van der Waals surface area contributed by atoms with Crippen LogP contribution in [0, 0.1) is 0 Å². The Morgan fingerprint density at radius 3 is 1.44 bits per heavy atom. The monoisotopic (exact) mass is 875 g/mol. The molecule has 0 aliphatic carbocycles. The summed E-state index contributed by atoms with van der Waals surface area (Å²) in [4.78, 5) is 36.9. The molecule has 6 atom stereocenters. The van der Waals surface area contributed by atoms with Gasteiger partial charge in [-0.1, -0.05) is 164 Å². The summed E-state index contributed by atoms with van der Waals surface area (Å²) in [5.74, 6) is -2.47. The molecule has 1 saturated heterocycles. The lowest BCUT2D eigenvalue weighted by atomic mass is 9.99. The van der Waals surface area contributed by atoms with Crippen molar-refractivity contribution in [3.63, 3.8) is 0 Å². The van der Waals surface area contributed by atoms with Gasteiger partial charge in [0, 0.05) is 12.8 Å². The number of carbonyl (C=O) groups excluding carboxylic acids is 2. The lowest BCUT2D eigenvalue weighted by Gasteiger charge is -2.38. The van der Waals surface area contributed by atoms with E-state index in [9.17, 15) is 34.8 Å². The highest BCUT2D eigenvalue weighted by Crippen LogP contribution is 2.23. The third-order valence-electron chi connectivity index (χ3n) is 10.9. The number of carboxylic acids is 1. The average molecular weight is 875 g/mol. The van der Waals surface area contributed by atoms with E-state index in [4.69, 9.17) is 18.9 Å². The molecule has 356 valence electrons. The summed E-state index contributed by atoms with van der Waals surface area (Å²) in [5, 5.41) is 39.9. The van der Waals surface area contributed by atoms with E-state index in [0.717, 1.165) is 83.5 Å². The third kappa shape index (κ3) is 31.7. The molecule has 1 heterocycles. The molecule has 1 fully saturated rings. The van der Waals surface area contributed by atoms with Crippen LogP contribution in [0.3, 0.4) is 0 Å². The first-order valence-corrected chi connectivity index (χ1v) is 24.3. The fraction of sp³-hybridized carbons (Fsp3) is 0.745. The maximum absolute atomic E-state index is 12.8. The van der Waals surface area contributed by atoms with Gasteiger partial charge in [-0.3, -0.25) is 9.59 Å². The van der Waals surface area contributed by atoms with Gasteiger partial charge in [-0.25, -0.2) is 4.79 Å². The van der Waals surface area contributed by atoms with Gasteiger partial charge >= 0.3 is 17.9 Å². The fourth-order valence-corrected chi connectivity index (χ4v) is 7.04. The van der Waals surface area contributed by atoms with Gasteiger partial charge in [0.1, 0.15) is 24.9 Å². The summed E-state index contributed by atoms with van der Waals surface area (Å²) in [7, 11) is 0. The van der Waals surface area contributed by atoms with E-state index >= 15 is 0 Å². The number of aliphatic hydroxyl groups is 3. The Bertz CT molecular complexity index is 1260. The van der Waals surface area contributed by atoms with Crippen molar-refractivity contribution in [3.05, 3.63) is 60.8 Å². The van der Waals surface area contributed by atoms with E-state index in [0.29, 0.717) is 12.8 Å². The molecule has 6 unspecified atom stereocenters. The molecule has 1 aliphatic rings. The molecule has 0 aromatic rings. The molecule has 0 radical (unpaired) electrons. The maximum Gasteiger partial charge on any atom is 0.335 e. The van der Waals surface area contributed by atoms with Gasteiger partial charge in [0.15, 0.2) is 18.5 Å². The zero-order chi connectivity index (χ0) is 45.3. The molecule has 1 aliphatic heterocycles. The molecule has 62 heavy (non-hydrogen) atoms. The number of ether oxygens (including phenoxy) is 4. The number of aliphatic carboxylic acids is 1. The first-order valence-electron chi connectivity index (χ1n) is 24.3. The van der Waals surface area contributed by atoms with Crippen LogP contribution in [0.4, 0.5) is 0 Å². The Kier molecular flexibility index (Phi) is 37.3. The van der Waals surface area contributed by atoms with Crippen molar-refractivity contribution >= 4 is 17.9 Å². The van der Waals surface area contributed by atoms with Crippen LogP contribution in [0.25, 0.3) is 0 Å². The summed E-state index contributed by atoms with van der Waals surface area (Å²) < 4.78 is 21.8. The van der Waals surface area contributed by atoms with Gasteiger partial charge in [-0.15, -0.1) is 0 Å². The van der Waals surface area contributed by atoms with Gasteiger partial charge in [0.05, 0.1) is 6.61 Å². The van der Waals surface area contributed by atoms with Crippen molar-refractivity contribution in [2.24, 2.45) is 0 Å². The second-order valence-corrected chi connectivity index (χ2v) is 16.6. The molecule has 0 bridgehead atoms. The van der Waals surface area contributed by atoms with E-state index in [1.165, 1.54) is 70.6 Å². The fourth-order valence-electron chi connectivity index (χ4n) is 7.04. The van der Waals surface area contributed by atoms with Crippen LogP contribution in [0.2, 0.25) is 0 Å². The Labute approximate surface area is 375 Å². The van der Waals surface area contributed by atoms with Crippen LogP contribution >= 0.6 is 0 Å². The highest BCUT2D eigenvalue weighted by atomic mass is 16.7. The van der Waals surface area contributed by atoms with Crippen LogP contribution in [0.1, 0.15) is 194 Å². The highest BCUT2D eigenvalue weighted by molar-refractivity contribution is 5.73. The average Bonchev–Trinajstić information content (AvgIpc) is 3.26. The summed E-state index contributed by atoms with van der Waals surface area (Å²) in [6, 6.07) is 0. The van der Waals surface area contributed by atoms with Gasteiger partial charge in [-0.05, 0) is 77.0 Å². The number of esters is 2. The topological polar surface area (TPSA) is 169 Å². The van der Waals surface area contributed by atoms with E-state index in [2.05, 4.69) is 74.6 Å². The highest BCUT2D eigenvalue weighted by Gasteiger charge is 2.47. The van der Waals surface area contributed by atoms with Crippen molar-refractivity contribution in [2.45, 2.75) is 230 Å². The third-order valence-corrected chi connectivity index (χ3v) is 10.9. The second kappa shape index (κ2) is 40.7. The molecule has 11 heteroatoms. The van der Waals surface area contributed by atoms with Crippen LogP contribution in [0.5, 0.6) is 0 Å². The first kappa shape index (κ1) is 56.9. The number of hydrogen-bond donors (Lipinski definition) is 4. The van der Waals surface area contributed by atoms with Crippen LogP contribution < -0.4 is 0 Å². The van der Waals surface area contributed by atoms with Gasteiger partial charge in [0.2, 0.25) is 0 Å². The minimum Gasteiger partial charge on any atom is -0.479 e. The van der Waals surface area contributed by atoms with Gasteiger partial charge in [-0.2, -0.15) is 0 Å². The molecular formula is C51H86O11. The van der Waals surface area contributed by atoms with E-state index in [1.54, 1.807) is 0 Å². The number of aliphatic hydroxyl groups excluding tert-OH is 3. The molecule has 11 nitrogen and oxygen atoms in total. The molecule has 0 amide bonds. The van der Waals surface area contributed by atoms with Crippen molar-refractivity contribution in [3.8, 4) is 0 Å². The van der Waals surface area contributed by atoms with Crippen molar-refractivity contribution in [1.29, 1.82) is 0 Å². The van der Waals surface area contributed by atoms with E-state index < -0.39 is 61.3 Å². The molecular weight excluding hydrogens is 789 g/mol. The number of rotatable bonds is 40. The smallest absolute Gasteiger partial charge is 0.335 e. The standard InChI is InChI=1S/C51H86O11/c1-3-5-7-9-11-13-15-17-19-20-21-22-23-24-26-28-30-32-34-36-38-40-45(53)61-43(42-60-51-48(56)46(54)47(55)49(62-51)50(57)58)41-59-44(52)39-37-35-33-31-29-27-25-18-16-14-12-10-8-6-4-2/h6,8,12,14-15,17-18,20-21,25,43,46-49,51,54-56H,3-5,7,9-11,13,16,19,22-24,26-42H2,1-2H3,(H,57,58)/b8-6-,14-12-,17-15-,21-20-,25-18-. The minimum atomic E-state index is -1.87. The zero-order valence-corrected chi connectivity index (χ0v) is 38.6. The van der Waals surface area contributed by atoms with Crippen LogP contribution in [-0.4, -0.2) is 88.4 Å². The summed E-state index contributed by atoms with van der Waals surface area (Å²) in [6.07, 6.45) is 41.2. The summed E-state index contributed by atoms with van der Waals surface area (Å²) in [5.41, 5.74) is 0. The Morgan fingerprint density at radius 1 is 0.516 bits per heavy atom. The van der Waals surface area contributed by atoms with Crippen LogP contribution in [-0.2, 0) is 33.3 Å². The minimum absolute atomic E-state index is 0.172. The number of carboxylic acid groups (broad SMARTS) is 1. The van der Waals surface area contributed by atoms with Gasteiger partial charge < -0.3 is 39.4 Å². The lowest BCUT2D eigenvalue weighted by molar-refractivity contribution is -0.298. The van der Waals surface area contributed by atoms with Crippen LogP contribution in [0.15, 0.2) is 60.8 Å². The zero-order valence-electron chi connectivity index (χ0n) is 38.6. The molecule has 0 aromatic heterocycles. The predicted molar refractivity (Wildman–Crippen MR) is 247 cm³/mol. The normalized spacial score (nSPS) is 20.0. The largest absolute Gasteiger partial charge is 0.479 e. The second-order valence-electron chi connectivity index (χ2n) is 16.6. The maximum atomic E-state index is 12.8. The molecule has 1 rings (SSSR count). The van der Waals surface area contributed by atoms with Crippen molar-refractivity contribution in [1.82, 2.24) is 0 Å². The number of carbonyl (C=O) groups is 3. The SMILES string of the molecule is CC/C=C\C/C=C\C/C=C\CCCCCCCC(=O)OCC(COC1OC(C(=O)O)C(O)C(O)C1O)OC(=O)CCCCCCCCCCC/C=C\C/C=C\CCCCCCC. The summed E-state index contributed by atoms with van der Waals surface area (Å²) >= 11 is 0. The Balaban J connectivity index is 2.33. The predicted octanol–water partition coefficient (Wildman–Crippen LogP) is 11.1. The van der Waals surface area contributed by atoms with Crippen molar-refractivity contribution in [2.75, 3.05) is 13.2 Å². The molecule has 0 aromatic carbocycles. The van der Waals surface area contributed by atoms with E-state index in [1.807, 2.05) is 0 Å². The van der Waals surface area contributed by atoms with E-state index in [-0.39, 0.29) is 19.4 Å². The summed E-state index contributed by atoms with van der Waals surface area (Å²) in [6.45, 7) is 3.68. The Morgan fingerprint density at radius 2 is 0.952 bits per heavy atom. The lowest BCUT2D eigenvalue weighted by Crippen LogP contribution is -2.60. The van der Waals surface area contributed by atoms with Crippen molar-refractivity contribution < 1.29 is 53.8 Å². The molecule has 4 N–H and O–H groups in total. The number of unbranched alkanes of at least 4 members (excludes halogenated alkanes) is 19. The number of allylic oxidation sites excluding steroid dienone is 10. The Hall–Kier alpha value is -3.09. The first-order chi connectivity index (χ1) is 30.2. The quantitative estimate of drug-likeness (QED) is 0.0263.